The van der Waals surface area contributed by atoms with Crippen LogP contribution in [0.25, 0.3) is 0 Å². The maximum Gasteiger partial charge on any atom is 0.261 e. The molecule has 1 fully saturated rings. The van der Waals surface area contributed by atoms with E-state index in [1.807, 2.05) is 4.83 Å². The van der Waals surface area contributed by atoms with E-state index in [9.17, 15) is 17.6 Å². The SMILES string of the molecule is O=C(NNS(=O)(=O)c1cccnc1F)C1CCCC1. The summed E-state index contributed by atoms with van der Waals surface area (Å²) in [5.74, 6) is -1.67. The fourth-order valence-electron chi connectivity index (χ4n) is 2.03. The second kappa shape index (κ2) is 5.62. The molecule has 0 saturated heterocycles. The molecule has 2 N–H and O–H groups in total. The molecule has 1 saturated carbocycles. The zero-order valence-corrected chi connectivity index (χ0v) is 10.9. The summed E-state index contributed by atoms with van der Waals surface area (Å²) in [7, 11) is -4.14. The van der Waals surface area contributed by atoms with Crippen molar-refractivity contribution in [3.63, 3.8) is 0 Å². The standard InChI is InChI=1S/C11H14FN3O3S/c12-10-9(6-3-7-13-10)19(17,18)15-14-11(16)8-4-1-2-5-8/h3,6-8,15H,1-2,4-5H2,(H,14,16). The number of hydrogen-bond acceptors (Lipinski definition) is 4. The second-order valence-electron chi connectivity index (χ2n) is 4.37. The minimum absolute atomic E-state index is 0.179. The average molecular weight is 287 g/mol. The highest BCUT2D eigenvalue weighted by Gasteiger charge is 2.25. The van der Waals surface area contributed by atoms with Crippen LogP contribution in [0.15, 0.2) is 23.2 Å². The lowest BCUT2D eigenvalue weighted by Crippen LogP contribution is -2.44. The number of hydrazine groups is 1. The van der Waals surface area contributed by atoms with E-state index < -0.39 is 20.9 Å². The van der Waals surface area contributed by atoms with E-state index in [4.69, 9.17) is 0 Å². The normalized spacial score (nSPS) is 16.5. The molecule has 2 rings (SSSR count). The van der Waals surface area contributed by atoms with Crippen molar-refractivity contribution in [2.24, 2.45) is 5.92 Å². The van der Waals surface area contributed by atoms with Crippen LogP contribution in [0.3, 0.4) is 0 Å². The van der Waals surface area contributed by atoms with Gasteiger partial charge in [0.05, 0.1) is 0 Å². The van der Waals surface area contributed by atoms with Crippen LogP contribution in [-0.2, 0) is 14.8 Å². The summed E-state index contributed by atoms with van der Waals surface area (Å²) < 4.78 is 36.8. The van der Waals surface area contributed by atoms with E-state index in [1.54, 1.807) is 0 Å². The Morgan fingerprint density at radius 2 is 2.05 bits per heavy atom. The zero-order valence-electron chi connectivity index (χ0n) is 10.1. The Labute approximate surface area is 110 Å². The van der Waals surface area contributed by atoms with Crippen LogP contribution < -0.4 is 10.3 Å². The molecule has 0 unspecified atom stereocenters. The minimum Gasteiger partial charge on any atom is -0.277 e. The smallest absolute Gasteiger partial charge is 0.261 e. The molecule has 0 bridgehead atoms. The first kappa shape index (κ1) is 13.9. The van der Waals surface area contributed by atoms with Crippen molar-refractivity contribution in [2.75, 3.05) is 0 Å². The zero-order chi connectivity index (χ0) is 13.9. The maximum atomic E-state index is 13.3. The van der Waals surface area contributed by atoms with Crippen LogP contribution in [0.2, 0.25) is 0 Å². The molecule has 1 aromatic heterocycles. The summed E-state index contributed by atoms with van der Waals surface area (Å²) in [5, 5.41) is 0. The van der Waals surface area contributed by atoms with Crippen LogP contribution in [0.4, 0.5) is 4.39 Å². The van der Waals surface area contributed by atoms with E-state index in [0.29, 0.717) is 0 Å². The van der Waals surface area contributed by atoms with Crippen molar-refractivity contribution in [3.8, 4) is 0 Å². The number of carbonyl (C=O) groups excluding carboxylic acids is 1. The predicted octanol–water partition coefficient (Wildman–Crippen LogP) is 0.720. The van der Waals surface area contributed by atoms with Gasteiger partial charge in [-0.05, 0) is 25.0 Å². The van der Waals surface area contributed by atoms with Crippen LogP contribution in [0, 0.1) is 11.9 Å². The van der Waals surface area contributed by atoms with Crippen molar-refractivity contribution in [3.05, 3.63) is 24.3 Å². The van der Waals surface area contributed by atoms with Crippen molar-refractivity contribution in [2.45, 2.75) is 30.6 Å². The van der Waals surface area contributed by atoms with Crippen molar-refractivity contribution in [1.82, 2.24) is 15.2 Å². The summed E-state index contributed by atoms with van der Waals surface area (Å²) in [6.45, 7) is 0. The molecule has 6 nitrogen and oxygen atoms in total. The van der Waals surface area contributed by atoms with Gasteiger partial charge in [-0.1, -0.05) is 12.8 Å². The number of pyridine rings is 1. The molecular weight excluding hydrogens is 273 g/mol. The van der Waals surface area contributed by atoms with Crippen LogP contribution in [-0.4, -0.2) is 19.3 Å². The molecule has 8 heteroatoms. The third-order valence-electron chi connectivity index (χ3n) is 3.05. The van der Waals surface area contributed by atoms with E-state index in [-0.39, 0.29) is 11.8 Å². The fraction of sp³-hybridized carbons (Fsp3) is 0.455. The Morgan fingerprint density at radius 3 is 2.68 bits per heavy atom. The number of aromatic nitrogens is 1. The van der Waals surface area contributed by atoms with Gasteiger partial charge in [-0.2, -0.15) is 4.39 Å². The summed E-state index contributed by atoms with van der Waals surface area (Å²) in [5.41, 5.74) is 2.12. The molecule has 1 amide bonds. The Balaban J connectivity index is 2.02. The van der Waals surface area contributed by atoms with E-state index in [1.165, 1.54) is 6.07 Å². The van der Waals surface area contributed by atoms with Gasteiger partial charge >= 0.3 is 0 Å². The van der Waals surface area contributed by atoms with Crippen LogP contribution in [0.1, 0.15) is 25.7 Å². The quantitative estimate of drug-likeness (QED) is 0.631. The molecule has 0 aromatic carbocycles. The molecule has 1 aliphatic rings. The lowest BCUT2D eigenvalue weighted by molar-refractivity contribution is -0.125. The number of amides is 1. The van der Waals surface area contributed by atoms with Gasteiger partial charge in [-0.3, -0.25) is 10.2 Å². The first-order valence-corrected chi connectivity index (χ1v) is 7.41. The number of nitrogens with zero attached hydrogens (tertiary/aromatic N) is 1. The number of halogens is 1. The average Bonchev–Trinajstić information content (AvgIpc) is 2.90. The molecule has 1 aromatic rings. The molecule has 1 aliphatic carbocycles. The van der Waals surface area contributed by atoms with Gasteiger partial charge in [0.15, 0.2) is 0 Å². The molecular formula is C11H14FN3O3S. The molecule has 0 aliphatic heterocycles. The number of rotatable bonds is 4. The van der Waals surface area contributed by atoms with Gasteiger partial charge in [0.25, 0.3) is 10.0 Å². The molecule has 19 heavy (non-hydrogen) atoms. The number of carbonyl (C=O) groups is 1. The van der Waals surface area contributed by atoms with E-state index in [0.717, 1.165) is 37.9 Å². The van der Waals surface area contributed by atoms with E-state index >= 15 is 0 Å². The second-order valence-corrected chi connectivity index (χ2v) is 6.02. The Kier molecular flexibility index (Phi) is 4.11. The maximum absolute atomic E-state index is 13.3. The third-order valence-corrected chi connectivity index (χ3v) is 4.30. The fourth-order valence-corrected chi connectivity index (χ4v) is 2.91. The highest BCUT2D eigenvalue weighted by molar-refractivity contribution is 7.89. The molecule has 0 spiro atoms. The number of sulfonamides is 1. The summed E-state index contributed by atoms with van der Waals surface area (Å²) in [6.07, 6.45) is 4.55. The van der Waals surface area contributed by atoms with Crippen LogP contribution in [0.5, 0.6) is 0 Å². The largest absolute Gasteiger partial charge is 0.277 e. The highest BCUT2D eigenvalue weighted by atomic mass is 32.2. The monoisotopic (exact) mass is 287 g/mol. The highest BCUT2D eigenvalue weighted by Crippen LogP contribution is 2.24. The predicted molar refractivity (Wildman–Crippen MR) is 64.6 cm³/mol. The molecule has 1 heterocycles. The Morgan fingerprint density at radius 1 is 1.37 bits per heavy atom. The number of nitrogens with one attached hydrogen (secondary N) is 2. The van der Waals surface area contributed by atoms with Crippen molar-refractivity contribution >= 4 is 15.9 Å². The first-order chi connectivity index (χ1) is 9.00. The van der Waals surface area contributed by atoms with Gasteiger partial charge < -0.3 is 0 Å². The molecule has 0 atom stereocenters. The van der Waals surface area contributed by atoms with Gasteiger partial charge in [0.2, 0.25) is 11.9 Å². The van der Waals surface area contributed by atoms with Crippen molar-refractivity contribution < 1.29 is 17.6 Å². The van der Waals surface area contributed by atoms with Gasteiger partial charge in [0, 0.05) is 12.1 Å². The van der Waals surface area contributed by atoms with Gasteiger partial charge in [-0.15, -0.1) is 4.83 Å². The minimum atomic E-state index is -4.14. The third kappa shape index (κ3) is 3.27. The van der Waals surface area contributed by atoms with Crippen molar-refractivity contribution in [1.29, 1.82) is 0 Å². The molecule has 0 radical (unpaired) electrons. The first-order valence-electron chi connectivity index (χ1n) is 5.93. The summed E-state index contributed by atoms with van der Waals surface area (Å²) >= 11 is 0. The topological polar surface area (TPSA) is 88.2 Å². The lowest BCUT2D eigenvalue weighted by atomic mass is 10.1. The Bertz CT molecular complexity index is 570. The Hall–Kier alpha value is -1.54. The summed E-state index contributed by atoms with van der Waals surface area (Å²) in [6, 6.07) is 2.38. The summed E-state index contributed by atoms with van der Waals surface area (Å²) in [4.78, 5) is 16.2. The van der Waals surface area contributed by atoms with Gasteiger partial charge in [-0.25, -0.2) is 13.4 Å². The van der Waals surface area contributed by atoms with Gasteiger partial charge in [0.1, 0.15) is 4.90 Å². The van der Waals surface area contributed by atoms with E-state index in [2.05, 4.69) is 10.4 Å². The number of hydrogen-bond donors (Lipinski definition) is 2. The molecule has 104 valence electrons. The lowest BCUT2D eigenvalue weighted by Gasteiger charge is -2.11. The van der Waals surface area contributed by atoms with Crippen LogP contribution >= 0.6 is 0 Å².